The first kappa shape index (κ1) is 11.5. The summed E-state index contributed by atoms with van der Waals surface area (Å²) in [5.41, 5.74) is 6.71. The lowest BCUT2D eigenvalue weighted by Gasteiger charge is -2.19. The molecule has 0 radical (unpaired) electrons. The summed E-state index contributed by atoms with van der Waals surface area (Å²) in [6.45, 7) is 3.96. The van der Waals surface area contributed by atoms with Crippen LogP contribution in [0.25, 0.3) is 0 Å². The van der Waals surface area contributed by atoms with E-state index in [1.807, 2.05) is 19.9 Å². The molecular weight excluding hydrogens is 244 g/mol. The molecule has 1 heterocycles. The van der Waals surface area contributed by atoms with Crippen molar-refractivity contribution in [1.82, 2.24) is 4.98 Å². The average molecular weight is 259 g/mol. The van der Waals surface area contributed by atoms with Crippen LogP contribution in [0, 0.1) is 0 Å². The van der Waals surface area contributed by atoms with Gasteiger partial charge in [-0.15, -0.1) is 0 Å². The minimum absolute atomic E-state index is 0.254. The molecule has 2 N–H and O–H groups in total. The highest BCUT2D eigenvalue weighted by Crippen LogP contribution is 2.23. The number of rotatable bonds is 3. The Morgan fingerprint density at radius 2 is 2.21 bits per heavy atom. The number of aromatic nitrogens is 1. The standard InChI is InChI=1S/C10H15BrN2O/c1-10(2,12)5-7-4-8(11)6-13-9(7)14-3/h4,6H,5,12H2,1-3H3. The van der Waals surface area contributed by atoms with Gasteiger partial charge in [0.25, 0.3) is 0 Å². The van der Waals surface area contributed by atoms with Crippen molar-refractivity contribution in [3.05, 3.63) is 22.3 Å². The fourth-order valence-corrected chi connectivity index (χ4v) is 1.65. The lowest BCUT2D eigenvalue weighted by molar-refractivity contribution is 0.385. The second kappa shape index (κ2) is 4.28. The van der Waals surface area contributed by atoms with E-state index in [2.05, 4.69) is 20.9 Å². The first-order valence-electron chi connectivity index (χ1n) is 4.39. The smallest absolute Gasteiger partial charge is 0.216 e. The van der Waals surface area contributed by atoms with Crippen LogP contribution >= 0.6 is 15.9 Å². The van der Waals surface area contributed by atoms with Crippen molar-refractivity contribution in [3.8, 4) is 5.88 Å². The molecule has 3 nitrogen and oxygen atoms in total. The zero-order valence-electron chi connectivity index (χ0n) is 8.67. The van der Waals surface area contributed by atoms with Gasteiger partial charge in [0.2, 0.25) is 5.88 Å². The van der Waals surface area contributed by atoms with Gasteiger partial charge in [0.1, 0.15) is 0 Å². The third-order valence-corrected chi connectivity index (χ3v) is 2.17. The number of hydrogen-bond acceptors (Lipinski definition) is 3. The van der Waals surface area contributed by atoms with E-state index in [4.69, 9.17) is 10.5 Å². The van der Waals surface area contributed by atoms with Crippen LogP contribution in [0.4, 0.5) is 0 Å². The quantitative estimate of drug-likeness (QED) is 0.904. The Balaban J connectivity index is 2.99. The Labute approximate surface area is 92.8 Å². The number of hydrogen-bond donors (Lipinski definition) is 1. The first-order chi connectivity index (χ1) is 6.42. The Kier molecular flexibility index (Phi) is 3.50. The minimum atomic E-state index is -0.254. The molecular formula is C10H15BrN2O. The highest BCUT2D eigenvalue weighted by atomic mass is 79.9. The van der Waals surface area contributed by atoms with E-state index in [1.165, 1.54) is 0 Å². The Bertz CT molecular complexity index is 320. The largest absolute Gasteiger partial charge is 0.481 e. The monoisotopic (exact) mass is 258 g/mol. The van der Waals surface area contributed by atoms with Crippen LogP contribution in [0.2, 0.25) is 0 Å². The predicted octanol–water partition coefficient (Wildman–Crippen LogP) is 2.13. The van der Waals surface area contributed by atoms with Crippen LogP contribution in [0.5, 0.6) is 5.88 Å². The molecule has 0 saturated heterocycles. The molecule has 4 heteroatoms. The van der Waals surface area contributed by atoms with E-state index in [1.54, 1.807) is 13.3 Å². The van der Waals surface area contributed by atoms with Crippen LogP contribution < -0.4 is 10.5 Å². The average Bonchev–Trinajstić information content (AvgIpc) is 2.01. The van der Waals surface area contributed by atoms with Gasteiger partial charge in [-0.1, -0.05) is 0 Å². The van der Waals surface area contributed by atoms with Crippen molar-refractivity contribution < 1.29 is 4.74 Å². The number of nitrogens with two attached hydrogens (primary N) is 1. The molecule has 0 atom stereocenters. The van der Waals surface area contributed by atoms with Gasteiger partial charge in [-0.2, -0.15) is 0 Å². The number of halogens is 1. The molecule has 1 aromatic rings. The second-order valence-electron chi connectivity index (χ2n) is 3.99. The third-order valence-electron chi connectivity index (χ3n) is 1.73. The first-order valence-corrected chi connectivity index (χ1v) is 5.19. The second-order valence-corrected chi connectivity index (χ2v) is 4.90. The molecule has 0 aliphatic heterocycles. The number of nitrogens with zero attached hydrogens (tertiary/aromatic N) is 1. The van der Waals surface area contributed by atoms with E-state index in [0.29, 0.717) is 5.88 Å². The molecule has 0 fully saturated rings. The van der Waals surface area contributed by atoms with Crippen LogP contribution in [0.3, 0.4) is 0 Å². The Morgan fingerprint density at radius 1 is 1.57 bits per heavy atom. The number of ether oxygens (including phenoxy) is 1. The number of methoxy groups -OCH3 is 1. The van der Waals surface area contributed by atoms with E-state index >= 15 is 0 Å². The summed E-state index contributed by atoms with van der Waals surface area (Å²) >= 11 is 3.37. The Hall–Kier alpha value is -0.610. The maximum atomic E-state index is 5.94. The molecule has 14 heavy (non-hydrogen) atoms. The molecule has 0 aromatic carbocycles. The summed E-state index contributed by atoms with van der Waals surface area (Å²) in [6.07, 6.45) is 2.45. The zero-order chi connectivity index (χ0) is 10.8. The van der Waals surface area contributed by atoms with Crippen molar-refractivity contribution in [1.29, 1.82) is 0 Å². The molecule has 0 aliphatic rings. The van der Waals surface area contributed by atoms with Crippen molar-refractivity contribution in [2.45, 2.75) is 25.8 Å². The van der Waals surface area contributed by atoms with Crippen molar-refractivity contribution in [3.63, 3.8) is 0 Å². The minimum Gasteiger partial charge on any atom is -0.481 e. The molecule has 1 rings (SSSR count). The summed E-state index contributed by atoms with van der Waals surface area (Å²) < 4.78 is 6.10. The molecule has 1 aromatic heterocycles. The van der Waals surface area contributed by atoms with Crippen LogP contribution in [-0.4, -0.2) is 17.6 Å². The maximum Gasteiger partial charge on any atom is 0.216 e. The van der Waals surface area contributed by atoms with Crippen LogP contribution in [-0.2, 0) is 6.42 Å². The van der Waals surface area contributed by atoms with E-state index in [9.17, 15) is 0 Å². The van der Waals surface area contributed by atoms with Gasteiger partial charge >= 0.3 is 0 Å². The van der Waals surface area contributed by atoms with Crippen LogP contribution in [0.15, 0.2) is 16.7 Å². The lowest BCUT2D eigenvalue weighted by Crippen LogP contribution is -2.34. The fourth-order valence-electron chi connectivity index (χ4n) is 1.27. The van der Waals surface area contributed by atoms with Gasteiger partial charge in [0.05, 0.1) is 7.11 Å². The molecule has 0 saturated carbocycles. The third kappa shape index (κ3) is 3.27. The van der Waals surface area contributed by atoms with Crippen molar-refractivity contribution in [2.75, 3.05) is 7.11 Å². The lowest BCUT2D eigenvalue weighted by atomic mass is 9.97. The highest BCUT2D eigenvalue weighted by molar-refractivity contribution is 9.10. The summed E-state index contributed by atoms with van der Waals surface area (Å²) in [5.74, 6) is 0.645. The molecule has 0 unspecified atom stereocenters. The zero-order valence-corrected chi connectivity index (χ0v) is 10.3. The van der Waals surface area contributed by atoms with Crippen LogP contribution in [0.1, 0.15) is 19.4 Å². The summed E-state index contributed by atoms with van der Waals surface area (Å²) in [5, 5.41) is 0. The van der Waals surface area contributed by atoms with E-state index in [-0.39, 0.29) is 5.54 Å². The van der Waals surface area contributed by atoms with Gasteiger partial charge < -0.3 is 10.5 Å². The normalized spacial score (nSPS) is 11.5. The molecule has 0 aliphatic carbocycles. The topological polar surface area (TPSA) is 48.1 Å². The Morgan fingerprint density at radius 3 is 2.71 bits per heavy atom. The van der Waals surface area contributed by atoms with E-state index < -0.39 is 0 Å². The molecule has 0 bridgehead atoms. The van der Waals surface area contributed by atoms with Crippen molar-refractivity contribution >= 4 is 15.9 Å². The van der Waals surface area contributed by atoms with Gasteiger partial charge in [0, 0.05) is 21.8 Å². The molecule has 0 amide bonds. The van der Waals surface area contributed by atoms with Crippen molar-refractivity contribution in [2.24, 2.45) is 5.73 Å². The fraction of sp³-hybridized carbons (Fsp3) is 0.500. The van der Waals surface area contributed by atoms with Gasteiger partial charge in [-0.3, -0.25) is 0 Å². The predicted molar refractivity (Wildman–Crippen MR) is 60.5 cm³/mol. The highest BCUT2D eigenvalue weighted by Gasteiger charge is 2.15. The number of pyridine rings is 1. The van der Waals surface area contributed by atoms with Gasteiger partial charge in [-0.25, -0.2) is 4.98 Å². The maximum absolute atomic E-state index is 5.94. The molecule has 0 spiro atoms. The summed E-state index contributed by atoms with van der Waals surface area (Å²) in [7, 11) is 1.61. The van der Waals surface area contributed by atoms with Gasteiger partial charge in [0.15, 0.2) is 0 Å². The van der Waals surface area contributed by atoms with Gasteiger partial charge in [-0.05, 0) is 42.3 Å². The summed E-state index contributed by atoms with van der Waals surface area (Å²) in [6, 6.07) is 1.99. The van der Waals surface area contributed by atoms with E-state index in [0.717, 1.165) is 16.5 Å². The summed E-state index contributed by atoms with van der Waals surface area (Å²) in [4.78, 5) is 4.16. The molecule has 78 valence electrons. The SMILES string of the molecule is COc1ncc(Br)cc1CC(C)(C)N.